The number of esters is 2. The molecule has 0 aromatic carbocycles. The second-order valence-electron chi connectivity index (χ2n) is 3.66. The first-order chi connectivity index (χ1) is 9.67. The lowest BCUT2D eigenvalue weighted by Gasteiger charge is -1.82. The first kappa shape index (κ1) is 20.7. The van der Waals surface area contributed by atoms with Crippen LogP contribution in [-0.2, 0) is 23.9 Å². The molecule has 0 aromatic rings. The Balaban J connectivity index is 0. The molecule has 9 nitrogen and oxygen atoms in total. The molecule has 4 N–H and O–H groups in total. The monoisotopic (exact) mass is 306 g/mol. The van der Waals surface area contributed by atoms with Crippen LogP contribution in [0.15, 0.2) is 11.5 Å². The number of hydrogen-bond donors (Lipinski definition) is 4. The Bertz CT molecular complexity index is 384. The first-order valence-electron chi connectivity index (χ1n) is 5.99. The Hall–Kier alpha value is -2.58. The smallest absolute Gasteiger partial charge is 0.385 e. The topological polar surface area (TPSA) is 158 Å². The Morgan fingerprint density at radius 3 is 1.19 bits per heavy atom. The SMILES string of the molecule is CCCC(=O)O.CCCC(=O)O.O=C1OC(=O)C(O)=C1O. The van der Waals surface area contributed by atoms with Crippen LogP contribution in [0.5, 0.6) is 0 Å². The fraction of sp³-hybridized carbons (Fsp3) is 0.500. The average molecular weight is 306 g/mol. The maximum Gasteiger partial charge on any atom is 0.385 e. The summed E-state index contributed by atoms with van der Waals surface area (Å²) in [6, 6.07) is 0. The molecule has 0 aliphatic carbocycles. The molecule has 0 fully saturated rings. The van der Waals surface area contributed by atoms with E-state index in [9.17, 15) is 19.2 Å². The fourth-order valence-corrected chi connectivity index (χ4v) is 0.802. The Morgan fingerprint density at radius 2 is 1.14 bits per heavy atom. The van der Waals surface area contributed by atoms with E-state index in [0.29, 0.717) is 12.8 Å². The van der Waals surface area contributed by atoms with Crippen LogP contribution < -0.4 is 0 Å². The fourth-order valence-electron chi connectivity index (χ4n) is 0.802. The summed E-state index contributed by atoms with van der Waals surface area (Å²) in [4.78, 5) is 39.4. The summed E-state index contributed by atoms with van der Waals surface area (Å²) in [6.45, 7) is 3.68. The third-order valence-electron chi connectivity index (χ3n) is 1.72. The molecule has 21 heavy (non-hydrogen) atoms. The number of carboxylic acid groups (broad SMARTS) is 2. The highest BCUT2D eigenvalue weighted by Gasteiger charge is 2.32. The highest BCUT2D eigenvalue weighted by atomic mass is 16.6. The van der Waals surface area contributed by atoms with E-state index in [1.54, 1.807) is 0 Å². The number of rotatable bonds is 4. The zero-order chi connectivity index (χ0) is 17.0. The number of cyclic esters (lactones) is 2. The highest BCUT2D eigenvalue weighted by Crippen LogP contribution is 2.10. The summed E-state index contributed by atoms with van der Waals surface area (Å²) in [6.07, 6.45) is 2.05. The molecule has 0 saturated carbocycles. The number of hydrogen-bond acceptors (Lipinski definition) is 7. The van der Waals surface area contributed by atoms with Gasteiger partial charge in [-0.15, -0.1) is 0 Å². The van der Waals surface area contributed by atoms with Crippen molar-refractivity contribution < 1.29 is 44.3 Å². The van der Waals surface area contributed by atoms with E-state index in [0.717, 1.165) is 12.8 Å². The maximum atomic E-state index is 10.1. The van der Waals surface area contributed by atoms with Gasteiger partial charge in [0.05, 0.1) is 0 Å². The van der Waals surface area contributed by atoms with Crippen molar-refractivity contribution in [2.45, 2.75) is 39.5 Å². The van der Waals surface area contributed by atoms with Gasteiger partial charge in [0.15, 0.2) is 0 Å². The van der Waals surface area contributed by atoms with Gasteiger partial charge in [-0.1, -0.05) is 13.8 Å². The van der Waals surface area contributed by atoms with Crippen molar-refractivity contribution in [2.24, 2.45) is 0 Å². The maximum absolute atomic E-state index is 10.1. The van der Waals surface area contributed by atoms with Gasteiger partial charge in [0.2, 0.25) is 0 Å². The van der Waals surface area contributed by atoms with E-state index in [1.165, 1.54) is 0 Å². The van der Waals surface area contributed by atoms with Gasteiger partial charge >= 0.3 is 23.9 Å². The van der Waals surface area contributed by atoms with Gasteiger partial charge in [-0.05, 0) is 12.8 Å². The van der Waals surface area contributed by atoms with Gasteiger partial charge in [-0.25, -0.2) is 9.59 Å². The minimum Gasteiger partial charge on any atom is -0.499 e. The van der Waals surface area contributed by atoms with E-state index < -0.39 is 35.4 Å². The van der Waals surface area contributed by atoms with Crippen molar-refractivity contribution in [3.8, 4) is 0 Å². The van der Waals surface area contributed by atoms with Crippen molar-refractivity contribution >= 4 is 23.9 Å². The summed E-state index contributed by atoms with van der Waals surface area (Å²) >= 11 is 0. The predicted molar refractivity (Wildman–Crippen MR) is 68.5 cm³/mol. The molecule has 0 saturated heterocycles. The van der Waals surface area contributed by atoms with Crippen LogP contribution in [0.25, 0.3) is 0 Å². The van der Waals surface area contributed by atoms with Crippen LogP contribution in [0.2, 0.25) is 0 Å². The molecule has 0 amide bonds. The largest absolute Gasteiger partial charge is 0.499 e. The van der Waals surface area contributed by atoms with Gasteiger partial charge in [0, 0.05) is 12.8 Å². The normalized spacial score (nSPS) is 12.7. The molecule has 1 heterocycles. The molecule has 0 aromatic heterocycles. The third kappa shape index (κ3) is 11.0. The molecule has 1 aliphatic heterocycles. The molecule has 120 valence electrons. The number of carboxylic acids is 2. The Kier molecular flexibility index (Phi) is 11.1. The highest BCUT2D eigenvalue weighted by molar-refractivity contribution is 6.09. The molecule has 0 bridgehead atoms. The number of carbonyl (C=O) groups is 4. The van der Waals surface area contributed by atoms with Gasteiger partial charge in [-0.2, -0.15) is 0 Å². The van der Waals surface area contributed by atoms with E-state index in [2.05, 4.69) is 4.74 Å². The standard InChI is InChI=1S/C4H2O5.2C4H8O2/c5-1-2(6)4(8)9-3(1)7;2*1-2-3-4(5)6/h5-6H;2*2-3H2,1H3,(H,5,6). The molecule has 0 spiro atoms. The lowest BCUT2D eigenvalue weighted by atomic mass is 10.4. The minimum atomic E-state index is -1.21. The molecule has 0 radical (unpaired) electrons. The second-order valence-corrected chi connectivity index (χ2v) is 3.66. The lowest BCUT2D eigenvalue weighted by molar-refractivity contribution is -0.153. The van der Waals surface area contributed by atoms with Crippen LogP contribution in [0.1, 0.15) is 39.5 Å². The molecule has 0 unspecified atom stereocenters. The minimum absolute atomic E-state index is 0.292. The van der Waals surface area contributed by atoms with E-state index in [4.69, 9.17) is 20.4 Å². The van der Waals surface area contributed by atoms with Crippen LogP contribution >= 0.6 is 0 Å². The Morgan fingerprint density at radius 1 is 0.857 bits per heavy atom. The number of aliphatic hydroxyl groups is 2. The van der Waals surface area contributed by atoms with Crippen molar-refractivity contribution in [1.82, 2.24) is 0 Å². The molecule has 0 atom stereocenters. The number of carbonyl (C=O) groups excluding carboxylic acids is 2. The summed E-state index contributed by atoms with van der Waals surface area (Å²) in [7, 11) is 0. The van der Waals surface area contributed by atoms with Gasteiger partial charge in [0.1, 0.15) is 0 Å². The molecule has 9 heteroatoms. The van der Waals surface area contributed by atoms with Gasteiger partial charge in [-0.3, -0.25) is 9.59 Å². The van der Waals surface area contributed by atoms with Gasteiger partial charge in [0.25, 0.3) is 11.5 Å². The zero-order valence-electron chi connectivity index (χ0n) is 11.7. The van der Waals surface area contributed by atoms with Crippen molar-refractivity contribution in [2.75, 3.05) is 0 Å². The zero-order valence-corrected chi connectivity index (χ0v) is 11.7. The van der Waals surface area contributed by atoms with Crippen LogP contribution in [0.4, 0.5) is 0 Å². The van der Waals surface area contributed by atoms with Gasteiger partial charge < -0.3 is 25.2 Å². The molecular formula is C12H18O9. The molecule has 1 rings (SSSR count). The van der Waals surface area contributed by atoms with Crippen molar-refractivity contribution in [3.05, 3.63) is 11.5 Å². The van der Waals surface area contributed by atoms with Crippen LogP contribution in [-0.4, -0.2) is 44.3 Å². The predicted octanol–water partition coefficient (Wildman–Crippen LogP) is 1.14. The van der Waals surface area contributed by atoms with Crippen molar-refractivity contribution in [3.63, 3.8) is 0 Å². The average Bonchev–Trinajstić information content (AvgIpc) is 2.57. The number of aliphatic hydroxyl groups excluding tert-OH is 2. The van der Waals surface area contributed by atoms with E-state index >= 15 is 0 Å². The molecular weight excluding hydrogens is 288 g/mol. The summed E-state index contributed by atoms with van der Waals surface area (Å²) in [5, 5.41) is 32.6. The quantitative estimate of drug-likeness (QED) is 0.441. The lowest BCUT2D eigenvalue weighted by Crippen LogP contribution is -2.01. The summed E-state index contributed by atoms with van der Waals surface area (Å²) in [5.74, 6) is -5.90. The van der Waals surface area contributed by atoms with Crippen LogP contribution in [0.3, 0.4) is 0 Å². The summed E-state index contributed by atoms with van der Waals surface area (Å²) < 4.78 is 3.73. The third-order valence-corrected chi connectivity index (χ3v) is 1.72. The van der Waals surface area contributed by atoms with E-state index in [-0.39, 0.29) is 0 Å². The Labute approximate surface area is 120 Å². The van der Waals surface area contributed by atoms with Crippen LogP contribution in [0, 0.1) is 0 Å². The summed E-state index contributed by atoms with van der Waals surface area (Å²) in [5.41, 5.74) is 0. The second kappa shape index (κ2) is 11.3. The van der Waals surface area contributed by atoms with Crippen molar-refractivity contribution in [1.29, 1.82) is 0 Å². The van der Waals surface area contributed by atoms with E-state index in [1.807, 2.05) is 13.8 Å². The molecule has 1 aliphatic rings. The number of aliphatic carboxylic acids is 2. The number of ether oxygens (including phenoxy) is 1. The first-order valence-corrected chi connectivity index (χ1v) is 5.99.